The zero-order valence-corrected chi connectivity index (χ0v) is 37.2. The summed E-state index contributed by atoms with van der Waals surface area (Å²) < 4.78 is 45.4. The van der Waals surface area contributed by atoms with Crippen molar-refractivity contribution < 1.29 is 37.6 Å². The summed E-state index contributed by atoms with van der Waals surface area (Å²) in [5.41, 5.74) is 4.13. The second-order valence-electron chi connectivity index (χ2n) is 18.6. The van der Waals surface area contributed by atoms with Crippen LogP contribution in [-0.2, 0) is 34.8 Å². The van der Waals surface area contributed by atoms with Crippen molar-refractivity contribution >= 4 is 45.2 Å². The van der Waals surface area contributed by atoms with Gasteiger partial charge < -0.3 is 37.7 Å². The molecule has 4 fully saturated rings. The Morgan fingerprint density at radius 3 is 2.25 bits per heavy atom. The molecule has 0 radical (unpaired) electrons. The molecule has 1 amide bonds. The lowest BCUT2D eigenvalue weighted by Gasteiger charge is -2.39. The van der Waals surface area contributed by atoms with E-state index in [0.29, 0.717) is 79.9 Å². The second-order valence-corrected chi connectivity index (χ2v) is 29.4. The number of benzene rings is 1. The Bertz CT molecular complexity index is 1820. The van der Waals surface area contributed by atoms with Crippen LogP contribution in [-0.4, -0.2) is 119 Å². The molecular weight excluding hydrogens is 768 g/mol. The Labute approximate surface area is 338 Å². The predicted octanol–water partition coefficient (Wildman–Crippen LogP) is 8.49. The van der Waals surface area contributed by atoms with E-state index in [1.807, 2.05) is 10.6 Å². The van der Waals surface area contributed by atoms with Gasteiger partial charge in [-0.05, 0) is 67.4 Å². The Kier molecular flexibility index (Phi) is 12.6. The number of hydrogen-bond acceptors (Lipinski definition) is 10. The first-order chi connectivity index (χ1) is 26.6. The van der Waals surface area contributed by atoms with E-state index in [-0.39, 0.29) is 48.4 Å². The topological polar surface area (TPSA) is 116 Å². The summed E-state index contributed by atoms with van der Waals surface area (Å²) in [6, 6.07) is 11.8. The number of rotatable bonds is 12. The van der Waals surface area contributed by atoms with Crippen molar-refractivity contribution in [3.8, 4) is 17.3 Å². The summed E-state index contributed by atoms with van der Waals surface area (Å²) in [5, 5.41) is 0.592. The summed E-state index contributed by atoms with van der Waals surface area (Å²) in [7, 11) is -3.33. The zero-order valence-electron chi connectivity index (χ0n) is 34.5. The van der Waals surface area contributed by atoms with E-state index in [2.05, 4.69) is 77.8 Å². The molecular formula is C41H61ClN4O8Si2. The van der Waals surface area contributed by atoms with Crippen LogP contribution in [0.2, 0.25) is 48.8 Å². The van der Waals surface area contributed by atoms with Gasteiger partial charge in [-0.15, -0.1) is 0 Å². The third-order valence-electron chi connectivity index (χ3n) is 12.2. The Hall–Kier alpha value is -2.57. The molecule has 0 bridgehead atoms. The molecule has 2 aromatic heterocycles. The van der Waals surface area contributed by atoms with Crippen molar-refractivity contribution in [2.45, 2.75) is 133 Å². The number of nitrogens with zero attached hydrogens (tertiary/aromatic N) is 4. The zero-order chi connectivity index (χ0) is 39.8. The minimum absolute atomic E-state index is 0.0413. The molecule has 308 valence electrons. The van der Waals surface area contributed by atoms with Crippen molar-refractivity contribution in [2.24, 2.45) is 0 Å². The summed E-state index contributed by atoms with van der Waals surface area (Å²) in [6.45, 7) is 22.3. The first-order valence-electron chi connectivity index (χ1n) is 20.4. The molecule has 5 heterocycles. The number of carbonyl (C=O) groups excluding carboxylic acids is 1. The lowest BCUT2D eigenvalue weighted by atomic mass is 9.82. The molecule has 3 saturated heterocycles. The van der Waals surface area contributed by atoms with Crippen LogP contribution in [0, 0.1) is 0 Å². The number of aromatic nitrogens is 3. The van der Waals surface area contributed by atoms with E-state index in [9.17, 15) is 4.79 Å². The van der Waals surface area contributed by atoms with Gasteiger partial charge in [0.05, 0.1) is 43.2 Å². The maximum absolute atomic E-state index is 12.6. The molecule has 4 aliphatic rings. The first-order valence-corrected chi connectivity index (χ1v) is 27.4. The number of morpholine rings is 1. The second kappa shape index (κ2) is 17.0. The van der Waals surface area contributed by atoms with Crippen molar-refractivity contribution in [1.29, 1.82) is 0 Å². The van der Waals surface area contributed by atoms with Crippen LogP contribution in [0.15, 0.2) is 30.3 Å². The lowest BCUT2D eigenvalue weighted by molar-refractivity contribution is 0.00445. The van der Waals surface area contributed by atoms with E-state index in [1.54, 1.807) is 4.90 Å². The minimum Gasteiger partial charge on any atom is -0.456 e. The van der Waals surface area contributed by atoms with Crippen molar-refractivity contribution in [1.82, 2.24) is 19.4 Å². The normalized spacial score (nSPS) is 26.1. The molecule has 3 aliphatic heterocycles. The average molecular weight is 830 g/mol. The summed E-state index contributed by atoms with van der Waals surface area (Å²) >= 11 is 6.94. The SMILES string of the molecule is CC(C)(C)[Si](C)(C)O[C@@H]1CO[C@H]2[C@@H]1OC[C@H]2Oc1nc2cc(Cl)c(-c3ccc([C@H]4CC[C@@H](OC(=O)N5CCOCC5)CC4)cc3)nc2n1COCC[Si](C)(C)C. The largest absolute Gasteiger partial charge is 0.456 e. The van der Waals surface area contributed by atoms with Crippen LogP contribution >= 0.6 is 11.6 Å². The van der Waals surface area contributed by atoms with Crippen molar-refractivity contribution in [3.05, 3.63) is 40.9 Å². The van der Waals surface area contributed by atoms with Gasteiger partial charge in [0.25, 0.3) is 0 Å². The maximum atomic E-state index is 12.6. The Morgan fingerprint density at radius 2 is 1.59 bits per heavy atom. The van der Waals surface area contributed by atoms with Gasteiger partial charge in [0.15, 0.2) is 20.1 Å². The molecule has 0 spiro atoms. The number of ether oxygens (including phenoxy) is 6. The van der Waals surface area contributed by atoms with Crippen molar-refractivity contribution in [2.75, 3.05) is 46.1 Å². The van der Waals surface area contributed by atoms with Gasteiger partial charge in [-0.1, -0.05) is 76.3 Å². The summed E-state index contributed by atoms with van der Waals surface area (Å²) in [4.78, 5) is 24.4. The van der Waals surface area contributed by atoms with Gasteiger partial charge in [-0.2, -0.15) is 4.98 Å². The number of hydrogen-bond donors (Lipinski definition) is 0. The molecule has 1 aromatic carbocycles. The average Bonchev–Trinajstić information content (AvgIpc) is 3.84. The number of carbonyl (C=O) groups is 1. The van der Waals surface area contributed by atoms with Gasteiger partial charge in [-0.3, -0.25) is 4.57 Å². The number of imidazole rings is 1. The van der Waals surface area contributed by atoms with Gasteiger partial charge in [-0.25, -0.2) is 9.78 Å². The third-order valence-corrected chi connectivity index (χ3v) is 18.7. The molecule has 1 saturated carbocycles. The fourth-order valence-corrected chi connectivity index (χ4v) is 9.98. The van der Waals surface area contributed by atoms with Gasteiger partial charge in [0.1, 0.15) is 30.6 Å². The van der Waals surface area contributed by atoms with Crippen LogP contribution in [0.4, 0.5) is 4.79 Å². The monoisotopic (exact) mass is 828 g/mol. The number of pyridine rings is 1. The first kappa shape index (κ1) is 41.6. The standard InChI is InChI=1S/C41H61ClN4O8Si2/c1-41(2,3)56(7,8)54-34-25-51-36-33(24-50-37(34)36)53-39-43-32-23-31(42)35(44-38(32)46(39)26-49-21-22-55(4,5)6)29-11-9-27(10-12-29)28-13-15-30(16-14-28)52-40(47)45-17-19-48-20-18-45/h9-12,23,28,30,33-34,36-37H,13-22,24-26H2,1-8H3/t28-,30+,33-,34-,36-,37-/m1/s1. The van der Waals surface area contributed by atoms with E-state index >= 15 is 0 Å². The Morgan fingerprint density at radius 1 is 0.929 bits per heavy atom. The summed E-state index contributed by atoms with van der Waals surface area (Å²) in [5.74, 6) is 0.402. The lowest BCUT2D eigenvalue weighted by Crippen LogP contribution is -2.47. The van der Waals surface area contributed by atoms with Gasteiger partial charge in [0, 0.05) is 33.3 Å². The highest BCUT2D eigenvalue weighted by Gasteiger charge is 2.52. The minimum atomic E-state index is -2.02. The highest BCUT2D eigenvalue weighted by molar-refractivity contribution is 6.76. The fraction of sp³-hybridized carbons (Fsp3) is 0.683. The van der Waals surface area contributed by atoms with Crippen LogP contribution in [0.25, 0.3) is 22.4 Å². The molecule has 1 aliphatic carbocycles. The number of amides is 1. The smallest absolute Gasteiger partial charge is 0.410 e. The molecule has 7 rings (SSSR count). The fourth-order valence-electron chi connectivity index (χ4n) is 7.66. The highest BCUT2D eigenvalue weighted by Crippen LogP contribution is 2.41. The van der Waals surface area contributed by atoms with Gasteiger partial charge in [0.2, 0.25) is 0 Å². The molecule has 15 heteroatoms. The van der Waals surface area contributed by atoms with Crippen LogP contribution in [0.1, 0.15) is 57.9 Å². The molecule has 3 aromatic rings. The van der Waals surface area contributed by atoms with Crippen LogP contribution in [0.3, 0.4) is 0 Å². The van der Waals surface area contributed by atoms with E-state index in [1.165, 1.54) is 5.56 Å². The molecule has 56 heavy (non-hydrogen) atoms. The summed E-state index contributed by atoms with van der Waals surface area (Å²) in [6.07, 6.45) is 2.42. The molecule has 4 atom stereocenters. The third kappa shape index (κ3) is 9.49. The van der Waals surface area contributed by atoms with Gasteiger partial charge >= 0.3 is 12.1 Å². The highest BCUT2D eigenvalue weighted by atomic mass is 35.5. The van der Waals surface area contributed by atoms with Crippen LogP contribution < -0.4 is 4.74 Å². The predicted molar refractivity (Wildman–Crippen MR) is 222 cm³/mol. The number of halogens is 1. The Balaban J connectivity index is 1.05. The van der Waals surface area contributed by atoms with E-state index in [4.69, 9.17) is 54.4 Å². The molecule has 0 N–H and O–H groups in total. The molecule has 12 nitrogen and oxygen atoms in total. The van der Waals surface area contributed by atoms with E-state index < -0.39 is 16.4 Å². The molecule has 0 unspecified atom stereocenters. The van der Waals surface area contributed by atoms with Crippen LogP contribution in [0.5, 0.6) is 6.01 Å². The maximum Gasteiger partial charge on any atom is 0.410 e. The quantitative estimate of drug-likeness (QED) is 0.130. The van der Waals surface area contributed by atoms with Crippen molar-refractivity contribution in [3.63, 3.8) is 0 Å². The van der Waals surface area contributed by atoms with E-state index in [0.717, 1.165) is 37.3 Å². The number of fused-ring (bicyclic) bond motifs is 2.